The van der Waals surface area contributed by atoms with Crippen LogP contribution in [0.2, 0.25) is 0 Å². The largest absolute Gasteiger partial charge is 0.505 e. The Bertz CT molecular complexity index is 406. The summed E-state index contributed by atoms with van der Waals surface area (Å²) in [5.41, 5.74) is 0.448. The fraction of sp³-hybridized carbons (Fsp3) is 0.538. The third-order valence-corrected chi connectivity index (χ3v) is 2.97. The van der Waals surface area contributed by atoms with Crippen LogP contribution in [-0.2, 0) is 11.3 Å². The van der Waals surface area contributed by atoms with Gasteiger partial charge in [-0.15, -0.1) is 0 Å². The molecule has 0 spiro atoms. The number of nitrogens with zero attached hydrogens (tertiary/aromatic N) is 1. The molecular formula is C13H18FNO2. The summed E-state index contributed by atoms with van der Waals surface area (Å²) in [6.45, 7) is 6.87. The number of hydrogen-bond donors (Lipinski definition) is 1. The normalized spacial score (nSPS) is 20.4. The van der Waals surface area contributed by atoms with Crippen LogP contribution in [0.5, 0.6) is 5.75 Å². The van der Waals surface area contributed by atoms with Gasteiger partial charge in [0.05, 0.1) is 12.2 Å². The second-order valence-corrected chi connectivity index (χ2v) is 5.07. The third-order valence-electron chi connectivity index (χ3n) is 2.97. The monoisotopic (exact) mass is 239 g/mol. The molecular weight excluding hydrogens is 221 g/mol. The first-order valence-electron chi connectivity index (χ1n) is 5.81. The molecule has 0 unspecified atom stereocenters. The molecule has 0 bridgehead atoms. The highest BCUT2D eigenvalue weighted by Crippen LogP contribution is 2.24. The molecule has 1 aliphatic rings. The molecule has 94 valence electrons. The van der Waals surface area contributed by atoms with E-state index < -0.39 is 5.82 Å². The van der Waals surface area contributed by atoms with Crippen molar-refractivity contribution < 1.29 is 14.2 Å². The van der Waals surface area contributed by atoms with Gasteiger partial charge in [0.2, 0.25) is 0 Å². The Balaban J connectivity index is 2.08. The van der Waals surface area contributed by atoms with Gasteiger partial charge in [0, 0.05) is 25.2 Å². The van der Waals surface area contributed by atoms with Crippen LogP contribution >= 0.6 is 0 Å². The summed E-state index contributed by atoms with van der Waals surface area (Å²) < 4.78 is 18.8. The minimum absolute atomic E-state index is 0.179. The van der Waals surface area contributed by atoms with Crippen molar-refractivity contribution in [3.8, 4) is 5.75 Å². The van der Waals surface area contributed by atoms with Crippen molar-refractivity contribution in [3.63, 3.8) is 0 Å². The Hall–Kier alpha value is -1.13. The molecule has 17 heavy (non-hydrogen) atoms. The van der Waals surface area contributed by atoms with E-state index in [-0.39, 0.29) is 11.4 Å². The molecule has 1 saturated heterocycles. The Morgan fingerprint density at radius 3 is 2.94 bits per heavy atom. The zero-order valence-corrected chi connectivity index (χ0v) is 10.2. The number of phenolic OH excluding ortho intramolecular Hbond substituents is 1. The van der Waals surface area contributed by atoms with Gasteiger partial charge < -0.3 is 9.84 Å². The van der Waals surface area contributed by atoms with Crippen LogP contribution in [0, 0.1) is 5.82 Å². The smallest absolute Gasteiger partial charge is 0.165 e. The van der Waals surface area contributed by atoms with Crippen molar-refractivity contribution in [3.05, 3.63) is 29.6 Å². The van der Waals surface area contributed by atoms with Gasteiger partial charge in [-0.05, 0) is 19.9 Å². The summed E-state index contributed by atoms with van der Waals surface area (Å²) in [5, 5.41) is 9.63. The molecule has 0 saturated carbocycles. The third kappa shape index (κ3) is 2.96. The van der Waals surface area contributed by atoms with Gasteiger partial charge in [-0.2, -0.15) is 0 Å². The summed E-state index contributed by atoms with van der Waals surface area (Å²) in [7, 11) is 0. The highest BCUT2D eigenvalue weighted by Gasteiger charge is 2.27. The van der Waals surface area contributed by atoms with E-state index in [1.807, 2.05) is 13.8 Å². The van der Waals surface area contributed by atoms with E-state index in [1.54, 1.807) is 12.1 Å². The number of phenols is 1. The van der Waals surface area contributed by atoms with Crippen LogP contribution in [0.15, 0.2) is 18.2 Å². The lowest BCUT2D eigenvalue weighted by Crippen LogP contribution is -2.47. The van der Waals surface area contributed by atoms with Crippen LogP contribution in [0.25, 0.3) is 0 Å². The lowest BCUT2D eigenvalue weighted by atomic mass is 10.1. The number of para-hydroxylation sites is 1. The molecule has 2 rings (SSSR count). The molecule has 1 N–H and O–H groups in total. The summed E-state index contributed by atoms with van der Waals surface area (Å²) in [6, 6.07) is 4.64. The van der Waals surface area contributed by atoms with Gasteiger partial charge in [0.1, 0.15) is 0 Å². The van der Waals surface area contributed by atoms with E-state index in [0.29, 0.717) is 18.7 Å². The topological polar surface area (TPSA) is 32.7 Å². The zero-order chi connectivity index (χ0) is 12.5. The predicted octanol–water partition coefficient (Wildman–Crippen LogP) is 2.14. The standard InChI is InChI=1S/C13H18FNO2/c1-13(2)9-15(6-7-17-13)8-10-4-3-5-11(14)12(10)16/h3-5,16H,6-9H2,1-2H3. The first-order valence-corrected chi connectivity index (χ1v) is 5.81. The second kappa shape index (κ2) is 4.63. The van der Waals surface area contributed by atoms with E-state index >= 15 is 0 Å². The number of rotatable bonds is 2. The van der Waals surface area contributed by atoms with Gasteiger partial charge in [-0.1, -0.05) is 12.1 Å². The Morgan fingerprint density at radius 2 is 2.24 bits per heavy atom. The number of ether oxygens (including phenoxy) is 1. The van der Waals surface area contributed by atoms with E-state index in [1.165, 1.54) is 6.07 Å². The maximum Gasteiger partial charge on any atom is 0.165 e. The molecule has 0 atom stereocenters. The minimum Gasteiger partial charge on any atom is -0.505 e. The Labute approximate surface area is 101 Å². The SMILES string of the molecule is CC1(C)CN(Cc2cccc(F)c2O)CCO1. The van der Waals surface area contributed by atoms with E-state index in [4.69, 9.17) is 4.74 Å². The van der Waals surface area contributed by atoms with Crippen LogP contribution < -0.4 is 0 Å². The van der Waals surface area contributed by atoms with E-state index in [0.717, 1.165) is 13.1 Å². The van der Waals surface area contributed by atoms with Gasteiger partial charge in [-0.25, -0.2) is 4.39 Å². The molecule has 4 heteroatoms. The molecule has 0 amide bonds. The Kier molecular flexibility index (Phi) is 3.35. The zero-order valence-electron chi connectivity index (χ0n) is 10.2. The number of benzene rings is 1. The maximum absolute atomic E-state index is 13.2. The van der Waals surface area contributed by atoms with Crippen LogP contribution in [0.1, 0.15) is 19.4 Å². The van der Waals surface area contributed by atoms with Gasteiger partial charge in [0.15, 0.2) is 11.6 Å². The highest BCUT2D eigenvalue weighted by atomic mass is 19.1. The molecule has 0 aromatic heterocycles. The van der Waals surface area contributed by atoms with E-state index in [2.05, 4.69) is 4.90 Å². The van der Waals surface area contributed by atoms with Crippen molar-refractivity contribution in [2.75, 3.05) is 19.7 Å². The number of morpholine rings is 1. The van der Waals surface area contributed by atoms with Crippen LogP contribution in [-0.4, -0.2) is 35.3 Å². The highest BCUT2D eigenvalue weighted by molar-refractivity contribution is 5.33. The molecule has 3 nitrogen and oxygen atoms in total. The Morgan fingerprint density at radius 1 is 1.47 bits per heavy atom. The fourth-order valence-corrected chi connectivity index (χ4v) is 2.18. The first kappa shape index (κ1) is 12.3. The molecule has 1 fully saturated rings. The number of halogens is 1. The molecule has 1 heterocycles. The van der Waals surface area contributed by atoms with Crippen LogP contribution in [0.4, 0.5) is 4.39 Å². The average Bonchev–Trinajstić information content (AvgIpc) is 2.23. The maximum atomic E-state index is 13.2. The summed E-state index contributed by atoms with van der Waals surface area (Å²) in [6.07, 6.45) is 0. The average molecular weight is 239 g/mol. The first-order chi connectivity index (χ1) is 7.98. The lowest BCUT2D eigenvalue weighted by Gasteiger charge is -2.38. The molecule has 0 radical (unpaired) electrons. The van der Waals surface area contributed by atoms with Crippen molar-refractivity contribution in [2.24, 2.45) is 0 Å². The molecule has 1 aromatic carbocycles. The lowest BCUT2D eigenvalue weighted by molar-refractivity contribution is -0.0884. The van der Waals surface area contributed by atoms with Crippen molar-refractivity contribution in [1.82, 2.24) is 4.90 Å². The predicted molar refractivity (Wildman–Crippen MR) is 63.4 cm³/mol. The van der Waals surface area contributed by atoms with Gasteiger partial charge >= 0.3 is 0 Å². The summed E-state index contributed by atoms with van der Waals surface area (Å²) >= 11 is 0. The number of aromatic hydroxyl groups is 1. The summed E-state index contributed by atoms with van der Waals surface area (Å²) in [5.74, 6) is -0.799. The molecule has 1 aromatic rings. The van der Waals surface area contributed by atoms with Gasteiger partial charge in [-0.3, -0.25) is 4.90 Å². The van der Waals surface area contributed by atoms with Crippen LogP contribution in [0.3, 0.4) is 0 Å². The van der Waals surface area contributed by atoms with Crippen molar-refractivity contribution in [1.29, 1.82) is 0 Å². The van der Waals surface area contributed by atoms with Gasteiger partial charge in [0.25, 0.3) is 0 Å². The minimum atomic E-state index is -0.560. The quantitative estimate of drug-likeness (QED) is 0.858. The van der Waals surface area contributed by atoms with E-state index in [9.17, 15) is 9.50 Å². The van der Waals surface area contributed by atoms with Crippen molar-refractivity contribution >= 4 is 0 Å². The summed E-state index contributed by atoms with van der Waals surface area (Å²) in [4.78, 5) is 2.16. The van der Waals surface area contributed by atoms with Crippen molar-refractivity contribution in [2.45, 2.75) is 26.0 Å². The molecule has 1 aliphatic heterocycles. The fourth-order valence-electron chi connectivity index (χ4n) is 2.18. The second-order valence-electron chi connectivity index (χ2n) is 5.07. The number of hydrogen-bond acceptors (Lipinski definition) is 3. The molecule has 0 aliphatic carbocycles.